The van der Waals surface area contributed by atoms with Crippen molar-refractivity contribution in [2.75, 3.05) is 17.7 Å². The predicted octanol–water partition coefficient (Wildman–Crippen LogP) is 5.05. The predicted molar refractivity (Wildman–Crippen MR) is 136 cm³/mol. The molecule has 4 rings (SSSR count). The molecular formula is C26H30N4O2S. The van der Waals surface area contributed by atoms with Crippen molar-refractivity contribution >= 4 is 26.7 Å². The lowest BCUT2D eigenvalue weighted by Crippen LogP contribution is -2.37. The first-order valence-electron chi connectivity index (χ1n) is 11.3. The summed E-state index contributed by atoms with van der Waals surface area (Å²) in [5.41, 5.74) is 0.834. The number of aromatic amines is 1. The molecule has 6 nitrogen and oxygen atoms in total. The summed E-state index contributed by atoms with van der Waals surface area (Å²) in [6.07, 6.45) is 27.3. The molecule has 0 bridgehead atoms. The molecule has 1 N–H and O–H groups in total. The number of H-pyrrole nitrogens is 1. The number of sulfone groups is 1. The molecule has 0 unspecified atom stereocenters. The Balaban J connectivity index is 1.40. The van der Waals surface area contributed by atoms with Crippen molar-refractivity contribution < 1.29 is 8.42 Å². The number of rotatable bonds is 5. The number of nitrogens with zero attached hydrogens (tertiary/aromatic N) is 3. The Morgan fingerprint density at radius 3 is 2.33 bits per heavy atom. The molecule has 2 aliphatic rings. The smallest absolute Gasteiger partial charge is 0.178 e. The Bertz CT molecular complexity index is 1240. The lowest BCUT2D eigenvalue weighted by molar-refractivity contribution is 0.341. The van der Waals surface area contributed by atoms with Crippen LogP contribution in [-0.2, 0) is 9.84 Å². The minimum absolute atomic E-state index is 0.162. The van der Waals surface area contributed by atoms with Crippen LogP contribution in [0.4, 0.5) is 5.82 Å². The fourth-order valence-electron chi connectivity index (χ4n) is 4.43. The van der Waals surface area contributed by atoms with Crippen molar-refractivity contribution in [1.29, 1.82) is 0 Å². The first-order chi connectivity index (χ1) is 16.0. The van der Waals surface area contributed by atoms with E-state index < -0.39 is 9.84 Å². The molecule has 0 spiro atoms. The van der Waals surface area contributed by atoms with Gasteiger partial charge in [-0.05, 0) is 49.8 Å². The van der Waals surface area contributed by atoms with Crippen LogP contribution < -0.4 is 4.90 Å². The first kappa shape index (κ1) is 23.0. The maximum Gasteiger partial charge on any atom is 0.178 e. The Kier molecular flexibility index (Phi) is 7.40. The summed E-state index contributed by atoms with van der Waals surface area (Å²) in [4.78, 5) is 14.5. The number of nitrogens with one attached hydrogen (secondary N) is 1. The molecule has 0 radical (unpaired) electrons. The van der Waals surface area contributed by atoms with E-state index in [4.69, 9.17) is 0 Å². The van der Waals surface area contributed by atoms with Crippen LogP contribution in [0.5, 0.6) is 0 Å². The van der Waals surface area contributed by atoms with Crippen molar-refractivity contribution in [1.82, 2.24) is 15.0 Å². The largest absolute Gasteiger partial charge is 0.356 e. The summed E-state index contributed by atoms with van der Waals surface area (Å²) in [5, 5.41) is 1.01. The van der Waals surface area contributed by atoms with E-state index in [1.807, 2.05) is 54.8 Å². The topological polar surface area (TPSA) is 79.0 Å². The molecule has 0 saturated heterocycles. The summed E-state index contributed by atoms with van der Waals surface area (Å²) in [6.45, 7) is 0. The Hall–Kier alpha value is -3.19. The lowest BCUT2D eigenvalue weighted by Gasteiger charge is -2.35. The zero-order chi connectivity index (χ0) is 23.1. The maximum atomic E-state index is 13.2. The van der Waals surface area contributed by atoms with Gasteiger partial charge in [-0.2, -0.15) is 0 Å². The minimum atomic E-state index is -3.37. The monoisotopic (exact) mass is 462 g/mol. The van der Waals surface area contributed by atoms with E-state index in [1.165, 1.54) is 0 Å². The third kappa shape index (κ3) is 5.79. The fraction of sp³-hybridized carbons (Fsp3) is 0.308. The molecule has 2 aromatic heterocycles. The molecule has 2 aromatic rings. The average molecular weight is 463 g/mol. The van der Waals surface area contributed by atoms with Crippen LogP contribution in [0.2, 0.25) is 0 Å². The molecule has 2 aliphatic carbocycles. The second-order valence-corrected chi connectivity index (χ2v) is 10.5. The van der Waals surface area contributed by atoms with Crippen LogP contribution in [0.25, 0.3) is 11.0 Å². The Morgan fingerprint density at radius 1 is 0.939 bits per heavy atom. The summed E-state index contributed by atoms with van der Waals surface area (Å²) >= 11 is 0. The van der Waals surface area contributed by atoms with Crippen molar-refractivity contribution in [3.05, 3.63) is 90.3 Å². The number of allylic oxidation sites excluding steroid dienone is 11. The second kappa shape index (κ2) is 10.6. The van der Waals surface area contributed by atoms with Gasteiger partial charge in [0.05, 0.1) is 16.0 Å². The second-order valence-electron chi connectivity index (χ2n) is 8.47. The quantitative estimate of drug-likeness (QED) is 0.673. The molecular weight excluding hydrogens is 432 g/mol. The van der Waals surface area contributed by atoms with E-state index in [9.17, 15) is 8.42 Å². The SMILES string of the molecule is CN(c1ncnc2[nH]ccc12)C1CCC(CS(=O)(=O)C2=CC=CC=CC=CC=CC=C2)CC1. The van der Waals surface area contributed by atoms with Crippen LogP contribution in [0, 0.1) is 5.92 Å². The summed E-state index contributed by atoms with van der Waals surface area (Å²) in [5.74, 6) is 1.27. The standard InChI is InChI=1S/C26H30N4O2S/c1-30(26-24-17-18-27-25(24)28-20-29-26)22-15-13-21(14-16-22)19-33(31,32)23-11-9-7-5-3-2-4-6-8-10-12-23/h2-12,17-18,20-22H,13-16,19H2,1H3,(H,27,28,29). The average Bonchev–Trinajstić information content (AvgIpc) is 3.28. The highest BCUT2D eigenvalue weighted by Gasteiger charge is 2.29. The lowest BCUT2D eigenvalue weighted by atomic mass is 9.86. The first-order valence-corrected chi connectivity index (χ1v) is 13.0. The van der Waals surface area contributed by atoms with Crippen molar-refractivity contribution in [3.63, 3.8) is 0 Å². The van der Waals surface area contributed by atoms with Gasteiger partial charge in [-0.15, -0.1) is 0 Å². The molecule has 0 atom stereocenters. The fourth-order valence-corrected chi connectivity index (χ4v) is 6.15. The molecule has 0 amide bonds. The van der Waals surface area contributed by atoms with Gasteiger partial charge >= 0.3 is 0 Å². The molecule has 2 heterocycles. The Labute approximate surface area is 195 Å². The molecule has 33 heavy (non-hydrogen) atoms. The highest BCUT2D eigenvalue weighted by atomic mass is 32.2. The van der Waals surface area contributed by atoms with E-state index in [-0.39, 0.29) is 11.7 Å². The van der Waals surface area contributed by atoms with Crippen molar-refractivity contribution in [2.24, 2.45) is 5.92 Å². The third-order valence-electron chi connectivity index (χ3n) is 6.26. The van der Waals surface area contributed by atoms with Crippen LogP contribution in [0.3, 0.4) is 0 Å². The number of fused-ring (bicyclic) bond motifs is 1. The van der Waals surface area contributed by atoms with Gasteiger partial charge in [0.1, 0.15) is 17.8 Å². The van der Waals surface area contributed by atoms with Gasteiger partial charge in [0.15, 0.2) is 9.84 Å². The minimum Gasteiger partial charge on any atom is -0.356 e. The van der Waals surface area contributed by atoms with Gasteiger partial charge < -0.3 is 9.88 Å². The molecule has 0 aliphatic heterocycles. The molecule has 172 valence electrons. The van der Waals surface area contributed by atoms with Gasteiger partial charge in [-0.3, -0.25) is 0 Å². The van der Waals surface area contributed by atoms with Crippen LogP contribution in [0.15, 0.2) is 90.3 Å². The number of hydrogen-bond donors (Lipinski definition) is 1. The van der Waals surface area contributed by atoms with Gasteiger partial charge in [0.25, 0.3) is 0 Å². The van der Waals surface area contributed by atoms with Gasteiger partial charge in [-0.1, -0.05) is 54.7 Å². The van der Waals surface area contributed by atoms with Crippen LogP contribution in [0.1, 0.15) is 25.7 Å². The highest BCUT2D eigenvalue weighted by molar-refractivity contribution is 7.95. The third-order valence-corrected chi connectivity index (χ3v) is 8.16. The van der Waals surface area contributed by atoms with E-state index in [2.05, 4.69) is 26.9 Å². The maximum absolute atomic E-state index is 13.2. The Morgan fingerprint density at radius 2 is 1.61 bits per heavy atom. The zero-order valence-corrected chi connectivity index (χ0v) is 19.7. The number of hydrogen-bond acceptors (Lipinski definition) is 5. The molecule has 1 fully saturated rings. The van der Waals surface area contributed by atoms with Gasteiger partial charge in [0, 0.05) is 19.3 Å². The summed E-state index contributed by atoms with van der Waals surface area (Å²) in [7, 11) is -1.30. The summed E-state index contributed by atoms with van der Waals surface area (Å²) in [6, 6.07) is 2.34. The highest BCUT2D eigenvalue weighted by Crippen LogP contribution is 2.33. The van der Waals surface area contributed by atoms with Crippen LogP contribution in [-0.4, -0.2) is 42.2 Å². The van der Waals surface area contributed by atoms with Gasteiger partial charge in [-0.25, -0.2) is 18.4 Å². The van der Waals surface area contributed by atoms with E-state index in [0.29, 0.717) is 10.9 Å². The normalized spacial score (nSPS) is 21.5. The summed E-state index contributed by atoms with van der Waals surface area (Å²) < 4.78 is 26.4. The van der Waals surface area contributed by atoms with E-state index in [0.717, 1.165) is 42.5 Å². The number of aromatic nitrogens is 3. The van der Waals surface area contributed by atoms with Gasteiger partial charge in [0.2, 0.25) is 0 Å². The molecule has 0 aromatic carbocycles. The van der Waals surface area contributed by atoms with Crippen LogP contribution >= 0.6 is 0 Å². The molecule has 7 heteroatoms. The molecule has 1 saturated carbocycles. The van der Waals surface area contributed by atoms with Crippen molar-refractivity contribution in [2.45, 2.75) is 31.7 Å². The van der Waals surface area contributed by atoms with Crippen molar-refractivity contribution in [3.8, 4) is 0 Å². The van der Waals surface area contributed by atoms with E-state index in [1.54, 1.807) is 30.6 Å². The number of anilines is 1. The zero-order valence-electron chi connectivity index (χ0n) is 18.8. The van der Waals surface area contributed by atoms with E-state index >= 15 is 0 Å².